The molecule has 134 valence electrons. The number of nitrogens with zero attached hydrogens (tertiary/aromatic N) is 3. The minimum absolute atomic E-state index is 0.00301. The van der Waals surface area contributed by atoms with Crippen molar-refractivity contribution in [2.24, 2.45) is 11.1 Å². The maximum atomic E-state index is 12.8. The van der Waals surface area contributed by atoms with Crippen molar-refractivity contribution in [1.82, 2.24) is 14.1 Å². The van der Waals surface area contributed by atoms with Gasteiger partial charge in [-0.3, -0.25) is 9.69 Å². The van der Waals surface area contributed by atoms with Gasteiger partial charge in [-0.15, -0.1) is 0 Å². The Bertz CT molecular complexity index is 532. The molecule has 0 bridgehead atoms. The number of piperazine rings is 1. The molecule has 0 spiro atoms. The quantitative estimate of drug-likeness (QED) is 0.744. The van der Waals surface area contributed by atoms with E-state index in [0.29, 0.717) is 26.1 Å². The second-order valence-electron chi connectivity index (χ2n) is 5.94. The van der Waals surface area contributed by atoms with Crippen LogP contribution in [0.2, 0.25) is 0 Å². The molecule has 2 N–H and O–H groups in total. The van der Waals surface area contributed by atoms with Gasteiger partial charge in [0.05, 0.1) is 12.5 Å². The Balaban J connectivity index is 1.83. The number of carbonyl (C=O) groups is 1. The molecular formula is C12H21F3N4O3S. The van der Waals surface area contributed by atoms with Crippen LogP contribution in [0.3, 0.4) is 0 Å². The van der Waals surface area contributed by atoms with Crippen LogP contribution < -0.4 is 5.14 Å². The fourth-order valence-electron chi connectivity index (χ4n) is 2.90. The number of halogens is 3. The number of rotatable bonds is 3. The Morgan fingerprint density at radius 3 is 2.26 bits per heavy atom. The molecule has 2 aliphatic rings. The first-order chi connectivity index (χ1) is 10.6. The van der Waals surface area contributed by atoms with Gasteiger partial charge >= 0.3 is 6.18 Å². The highest BCUT2D eigenvalue weighted by molar-refractivity contribution is 7.86. The van der Waals surface area contributed by atoms with E-state index >= 15 is 0 Å². The van der Waals surface area contributed by atoms with Gasteiger partial charge in [0, 0.05) is 39.3 Å². The van der Waals surface area contributed by atoms with E-state index in [1.165, 1.54) is 4.90 Å². The molecule has 1 atom stereocenters. The maximum Gasteiger partial charge on any atom is 0.393 e. The first-order valence-electron chi connectivity index (χ1n) is 7.42. The largest absolute Gasteiger partial charge is 0.393 e. The van der Waals surface area contributed by atoms with Crippen molar-refractivity contribution in [1.29, 1.82) is 0 Å². The summed E-state index contributed by atoms with van der Waals surface area (Å²) in [6.07, 6.45) is -3.88. The average Bonchev–Trinajstić information content (AvgIpc) is 2.46. The lowest BCUT2D eigenvalue weighted by Gasteiger charge is -2.37. The van der Waals surface area contributed by atoms with Crippen LogP contribution in [0.4, 0.5) is 13.2 Å². The Morgan fingerprint density at radius 1 is 1.13 bits per heavy atom. The lowest BCUT2D eigenvalue weighted by Crippen LogP contribution is -2.54. The number of carbonyl (C=O) groups excluding carboxylic acids is 1. The Hall–Kier alpha value is -0.910. The maximum absolute atomic E-state index is 12.8. The van der Waals surface area contributed by atoms with Crippen LogP contribution in [-0.2, 0) is 15.0 Å². The summed E-state index contributed by atoms with van der Waals surface area (Å²) in [6.45, 7) is 1.07. The van der Waals surface area contributed by atoms with Gasteiger partial charge in [-0.05, 0) is 12.8 Å². The number of piperidine rings is 1. The van der Waals surface area contributed by atoms with Gasteiger partial charge in [0.25, 0.3) is 10.2 Å². The molecule has 2 aliphatic heterocycles. The predicted octanol–water partition coefficient (Wildman–Crippen LogP) is -0.392. The van der Waals surface area contributed by atoms with E-state index in [1.807, 2.05) is 0 Å². The van der Waals surface area contributed by atoms with Gasteiger partial charge in [-0.25, -0.2) is 5.14 Å². The molecule has 0 aromatic rings. The summed E-state index contributed by atoms with van der Waals surface area (Å²) in [5.41, 5.74) is 0. The number of alkyl halides is 3. The average molecular weight is 358 g/mol. The molecule has 2 fully saturated rings. The number of likely N-dealkylation sites (tertiary alicyclic amines) is 1. The third kappa shape index (κ3) is 5.03. The highest BCUT2D eigenvalue weighted by Gasteiger charge is 2.42. The first kappa shape index (κ1) is 18.4. The van der Waals surface area contributed by atoms with Crippen molar-refractivity contribution in [2.45, 2.75) is 19.0 Å². The van der Waals surface area contributed by atoms with E-state index in [0.717, 1.165) is 4.31 Å². The molecule has 0 saturated carbocycles. The number of hydrogen-bond donors (Lipinski definition) is 1. The number of hydrogen-bond acceptors (Lipinski definition) is 4. The summed E-state index contributed by atoms with van der Waals surface area (Å²) in [7, 11) is -3.74. The monoisotopic (exact) mass is 358 g/mol. The van der Waals surface area contributed by atoms with Crippen LogP contribution in [0.1, 0.15) is 12.8 Å². The topological polar surface area (TPSA) is 87.0 Å². The molecule has 2 saturated heterocycles. The molecule has 2 heterocycles. The normalized spacial score (nSPS) is 25.6. The zero-order valence-electron chi connectivity index (χ0n) is 12.6. The van der Waals surface area contributed by atoms with Crippen LogP contribution in [-0.4, -0.2) is 80.4 Å². The molecule has 1 amide bonds. The molecule has 0 aliphatic carbocycles. The minimum Gasteiger partial charge on any atom is -0.341 e. The summed E-state index contributed by atoms with van der Waals surface area (Å²) in [5.74, 6) is -1.80. The van der Waals surface area contributed by atoms with E-state index in [4.69, 9.17) is 5.14 Å². The lowest BCUT2D eigenvalue weighted by atomic mass is 9.97. The number of amides is 1. The smallest absolute Gasteiger partial charge is 0.341 e. The minimum atomic E-state index is -4.28. The molecule has 0 aromatic carbocycles. The Kier molecular flexibility index (Phi) is 5.54. The van der Waals surface area contributed by atoms with Gasteiger partial charge in [0.15, 0.2) is 0 Å². The van der Waals surface area contributed by atoms with E-state index in [9.17, 15) is 26.4 Å². The van der Waals surface area contributed by atoms with E-state index in [2.05, 4.69) is 0 Å². The third-order valence-corrected chi connectivity index (χ3v) is 5.37. The molecule has 1 unspecified atom stereocenters. The van der Waals surface area contributed by atoms with Crippen molar-refractivity contribution < 1.29 is 26.4 Å². The Labute approximate surface area is 133 Å². The highest BCUT2D eigenvalue weighted by atomic mass is 32.2. The third-order valence-electron chi connectivity index (χ3n) is 4.29. The van der Waals surface area contributed by atoms with Crippen molar-refractivity contribution in [3.05, 3.63) is 0 Å². The van der Waals surface area contributed by atoms with Crippen LogP contribution in [0.15, 0.2) is 0 Å². The molecular weight excluding hydrogens is 337 g/mol. The van der Waals surface area contributed by atoms with E-state index in [1.54, 1.807) is 4.90 Å². The van der Waals surface area contributed by atoms with Crippen LogP contribution in [0.25, 0.3) is 0 Å². The molecule has 7 nitrogen and oxygen atoms in total. The van der Waals surface area contributed by atoms with Gasteiger partial charge in [0.2, 0.25) is 5.91 Å². The molecule has 2 rings (SSSR count). The summed E-state index contributed by atoms with van der Waals surface area (Å²) >= 11 is 0. The fraction of sp³-hybridized carbons (Fsp3) is 0.917. The Morgan fingerprint density at radius 2 is 1.74 bits per heavy atom. The summed E-state index contributed by atoms with van der Waals surface area (Å²) in [6, 6.07) is 0. The second kappa shape index (κ2) is 6.91. The molecule has 11 heteroatoms. The molecule has 0 aromatic heterocycles. The van der Waals surface area contributed by atoms with Gasteiger partial charge in [-0.2, -0.15) is 25.9 Å². The van der Waals surface area contributed by atoms with E-state index < -0.39 is 22.3 Å². The van der Waals surface area contributed by atoms with Crippen LogP contribution in [0, 0.1) is 5.92 Å². The van der Waals surface area contributed by atoms with Gasteiger partial charge in [0.1, 0.15) is 0 Å². The van der Waals surface area contributed by atoms with E-state index in [-0.39, 0.29) is 38.5 Å². The highest BCUT2D eigenvalue weighted by Crippen LogP contribution is 2.33. The van der Waals surface area contributed by atoms with Crippen molar-refractivity contribution in [2.75, 3.05) is 45.8 Å². The van der Waals surface area contributed by atoms with Gasteiger partial charge < -0.3 is 4.90 Å². The standard InChI is InChI=1S/C12H21F3N4O3S/c13-12(14,15)10-2-1-3-18(8-10)11(20)9-17-4-6-19(7-5-17)23(16,21)22/h10H,1-9H2,(H2,16,21,22). The SMILES string of the molecule is NS(=O)(=O)N1CCN(CC(=O)N2CCCC(C(F)(F)F)C2)CC1. The van der Waals surface area contributed by atoms with Crippen molar-refractivity contribution in [3.8, 4) is 0 Å². The number of nitrogens with two attached hydrogens (primary N) is 1. The second-order valence-corrected chi connectivity index (χ2v) is 7.49. The predicted molar refractivity (Wildman–Crippen MR) is 76.5 cm³/mol. The van der Waals surface area contributed by atoms with Crippen LogP contribution >= 0.6 is 0 Å². The summed E-state index contributed by atoms with van der Waals surface area (Å²) in [4.78, 5) is 15.2. The fourth-order valence-corrected chi connectivity index (χ4v) is 3.58. The van der Waals surface area contributed by atoms with Gasteiger partial charge in [-0.1, -0.05) is 0 Å². The van der Waals surface area contributed by atoms with Crippen molar-refractivity contribution >= 4 is 16.1 Å². The molecule has 23 heavy (non-hydrogen) atoms. The van der Waals surface area contributed by atoms with Crippen molar-refractivity contribution in [3.63, 3.8) is 0 Å². The lowest BCUT2D eigenvalue weighted by molar-refractivity contribution is -0.188. The van der Waals surface area contributed by atoms with Crippen LogP contribution in [0.5, 0.6) is 0 Å². The first-order valence-corrected chi connectivity index (χ1v) is 8.92. The summed E-state index contributed by atoms with van der Waals surface area (Å²) < 4.78 is 61.8. The zero-order chi connectivity index (χ0) is 17.3. The zero-order valence-corrected chi connectivity index (χ0v) is 13.4. The molecule has 0 radical (unpaired) electrons. The summed E-state index contributed by atoms with van der Waals surface area (Å²) in [5, 5.41) is 5.03.